The molecule has 0 bridgehead atoms. The molecule has 2 fully saturated rings. The fourth-order valence-electron chi connectivity index (χ4n) is 5.95. The lowest BCUT2D eigenvalue weighted by atomic mass is 9.81. The molecule has 2 aromatic rings. The first-order valence-electron chi connectivity index (χ1n) is 12.9. The third-order valence-corrected chi connectivity index (χ3v) is 8.10. The second-order valence-electron chi connectivity index (χ2n) is 10.3. The number of carboxylic acids is 1. The highest BCUT2D eigenvalue weighted by Gasteiger charge is 2.52. The maximum atomic E-state index is 14.9. The predicted octanol–water partition coefficient (Wildman–Crippen LogP) is 6.40. The number of carbonyl (C=O) groups is 3. The van der Waals surface area contributed by atoms with Crippen molar-refractivity contribution in [1.29, 1.82) is 0 Å². The van der Waals surface area contributed by atoms with Gasteiger partial charge in [0.2, 0.25) is 5.91 Å². The average Bonchev–Trinajstić information content (AvgIpc) is 3.59. The van der Waals surface area contributed by atoms with Gasteiger partial charge in [0.1, 0.15) is 17.7 Å². The summed E-state index contributed by atoms with van der Waals surface area (Å²) in [5, 5.41) is 8.98. The minimum atomic E-state index is -1.06. The van der Waals surface area contributed by atoms with Crippen molar-refractivity contribution >= 4 is 35.3 Å². The van der Waals surface area contributed by atoms with Crippen LogP contribution in [0.5, 0.6) is 0 Å². The number of halogens is 3. The molecule has 0 aromatic heterocycles. The van der Waals surface area contributed by atoms with Gasteiger partial charge in [0.15, 0.2) is 0 Å². The van der Waals surface area contributed by atoms with E-state index in [0.717, 1.165) is 19.3 Å². The van der Waals surface area contributed by atoms with Crippen LogP contribution in [0.2, 0.25) is 5.02 Å². The Morgan fingerprint density at radius 2 is 1.82 bits per heavy atom. The van der Waals surface area contributed by atoms with Crippen molar-refractivity contribution in [3.05, 3.63) is 64.2 Å². The van der Waals surface area contributed by atoms with E-state index in [9.17, 15) is 23.2 Å². The second kappa shape index (κ2) is 10.5. The summed E-state index contributed by atoms with van der Waals surface area (Å²) in [7, 11) is 0. The average molecular weight is 547 g/mol. The van der Waals surface area contributed by atoms with Crippen molar-refractivity contribution in [3.63, 3.8) is 0 Å². The highest BCUT2D eigenvalue weighted by atomic mass is 35.5. The Balaban J connectivity index is 1.52. The van der Waals surface area contributed by atoms with Crippen LogP contribution in [-0.4, -0.2) is 40.1 Å². The van der Waals surface area contributed by atoms with E-state index in [1.165, 1.54) is 29.2 Å². The Hall–Kier alpha value is -3.20. The highest BCUT2D eigenvalue weighted by molar-refractivity contribution is 6.31. The van der Waals surface area contributed by atoms with Gasteiger partial charge in [-0.05, 0) is 62.4 Å². The largest absolute Gasteiger partial charge is 0.481 e. The molecule has 202 valence electrons. The summed E-state index contributed by atoms with van der Waals surface area (Å²) in [5.41, 5.74) is 1.48. The Morgan fingerprint density at radius 3 is 2.47 bits per heavy atom. The van der Waals surface area contributed by atoms with E-state index in [1.807, 2.05) is 0 Å². The quantitative estimate of drug-likeness (QED) is 0.434. The number of nitrogens with zero attached hydrogens (tertiary/aromatic N) is 2. The fraction of sp³-hybridized carbons (Fsp3) is 0.464. The summed E-state index contributed by atoms with van der Waals surface area (Å²) < 4.78 is 34.1. The molecule has 5 rings (SSSR count). The van der Waals surface area contributed by atoms with Gasteiger partial charge in [0, 0.05) is 30.0 Å². The Morgan fingerprint density at radius 1 is 1.11 bits per heavy atom. The maximum absolute atomic E-state index is 14.9. The molecule has 10 heteroatoms. The standard InChI is InChI=1S/C28H29ClF2N2O5/c1-15(16-5-7-17(30)8-6-16)38-28(37)33-23-4-2-3-19(23)27(20-13-22(31)21(29)14-24(20)33)32(18-9-10-18)25(34)11-12-26(35)36/h5-8,13-15,18-19,23,27H,2-4,9-12H2,1H3,(H,35,36)/t15-,19?,23?,27?/m0/s1. The summed E-state index contributed by atoms with van der Waals surface area (Å²) in [5.74, 6) is -2.57. The zero-order valence-electron chi connectivity index (χ0n) is 20.9. The molecule has 2 aliphatic carbocycles. The molecule has 0 radical (unpaired) electrons. The van der Waals surface area contributed by atoms with E-state index in [4.69, 9.17) is 21.4 Å². The molecular formula is C28H29ClF2N2O5. The van der Waals surface area contributed by atoms with Gasteiger partial charge in [-0.3, -0.25) is 14.5 Å². The van der Waals surface area contributed by atoms with Crippen molar-refractivity contribution < 1.29 is 33.0 Å². The molecule has 1 aliphatic heterocycles. The van der Waals surface area contributed by atoms with E-state index < -0.39 is 35.8 Å². The number of benzene rings is 2. The van der Waals surface area contributed by atoms with Gasteiger partial charge in [-0.15, -0.1) is 0 Å². The van der Waals surface area contributed by atoms with Gasteiger partial charge in [0.25, 0.3) is 0 Å². The maximum Gasteiger partial charge on any atom is 0.415 e. The smallest absolute Gasteiger partial charge is 0.415 e. The summed E-state index contributed by atoms with van der Waals surface area (Å²) >= 11 is 6.19. The van der Waals surface area contributed by atoms with Crippen LogP contribution in [-0.2, 0) is 14.3 Å². The van der Waals surface area contributed by atoms with E-state index in [-0.39, 0.29) is 41.8 Å². The summed E-state index contributed by atoms with van der Waals surface area (Å²) in [4.78, 5) is 41.4. The SMILES string of the molecule is C[C@H](OC(=O)N1c2cc(Cl)c(F)cc2C(N(C(=O)CCC(=O)O)C2CC2)C2CCCC21)c1ccc(F)cc1. The number of hydrogen-bond acceptors (Lipinski definition) is 4. The van der Waals surface area contributed by atoms with Crippen LogP contribution in [0.25, 0.3) is 0 Å². The third-order valence-electron chi connectivity index (χ3n) is 7.81. The first kappa shape index (κ1) is 26.4. The highest BCUT2D eigenvalue weighted by Crippen LogP contribution is 2.53. The zero-order chi connectivity index (χ0) is 27.1. The van der Waals surface area contributed by atoms with Crippen molar-refractivity contribution in [2.45, 2.75) is 76.1 Å². The number of amides is 2. The topological polar surface area (TPSA) is 87.2 Å². The van der Waals surface area contributed by atoms with E-state index in [2.05, 4.69) is 0 Å². The number of carbonyl (C=O) groups excluding carboxylic acids is 2. The van der Waals surface area contributed by atoms with Gasteiger partial charge >= 0.3 is 12.1 Å². The number of rotatable bonds is 7. The monoisotopic (exact) mass is 546 g/mol. The zero-order valence-corrected chi connectivity index (χ0v) is 21.7. The van der Waals surface area contributed by atoms with Crippen LogP contribution in [0.15, 0.2) is 36.4 Å². The van der Waals surface area contributed by atoms with Crippen molar-refractivity contribution in [1.82, 2.24) is 4.90 Å². The van der Waals surface area contributed by atoms with Crippen LogP contribution in [0.3, 0.4) is 0 Å². The van der Waals surface area contributed by atoms with Gasteiger partial charge in [-0.2, -0.15) is 0 Å². The summed E-state index contributed by atoms with van der Waals surface area (Å²) in [6, 6.07) is 7.53. The van der Waals surface area contributed by atoms with Crippen molar-refractivity contribution in [2.24, 2.45) is 5.92 Å². The Bertz CT molecular complexity index is 1250. The van der Waals surface area contributed by atoms with Crippen molar-refractivity contribution in [3.8, 4) is 0 Å². The molecule has 2 aromatic carbocycles. The number of ether oxygens (including phenoxy) is 1. The first-order valence-corrected chi connectivity index (χ1v) is 13.3. The molecular weight excluding hydrogens is 518 g/mol. The van der Waals surface area contributed by atoms with Crippen LogP contribution in [0.1, 0.15) is 75.1 Å². The minimum Gasteiger partial charge on any atom is -0.481 e. The number of aliphatic carboxylic acids is 1. The van der Waals surface area contributed by atoms with E-state index in [1.54, 1.807) is 24.0 Å². The number of anilines is 1. The number of hydrogen-bond donors (Lipinski definition) is 1. The first-order chi connectivity index (χ1) is 18.2. The predicted molar refractivity (Wildman–Crippen MR) is 136 cm³/mol. The summed E-state index contributed by atoms with van der Waals surface area (Å²) in [6.45, 7) is 1.69. The minimum absolute atomic E-state index is 0.0499. The lowest BCUT2D eigenvalue weighted by molar-refractivity contribution is -0.142. The molecule has 1 heterocycles. The molecule has 2 amide bonds. The number of fused-ring (bicyclic) bond motifs is 2. The molecule has 0 spiro atoms. The molecule has 38 heavy (non-hydrogen) atoms. The van der Waals surface area contributed by atoms with Gasteiger partial charge in [0.05, 0.1) is 23.2 Å². The van der Waals surface area contributed by atoms with Crippen LogP contribution >= 0.6 is 11.6 Å². The van der Waals surface area contributed by atoms with Gasteiger partial charge in [-0.1, -0.05) is 30.2 Å². The summed E-state index contributed by atoms with van der Waals surface area (Å²) in [6.07, 6.45) is 2.03. The van der Waals surface area contributed by atoms with Crippen LogP contribution in [0.4, 0.5) is 19.3 Å². The molecule has 1 N–H and O–H groups in total. The lowest BCUT2D eigenvalue weighted by Gasteiger charge is -2.47. The van der Waals surface area contributed by atoms with Crippen LogP contribution < -0.4 is 4.90 Å². The Kier molecular flexibility index (Phi) is 7.31. The molecule has 3 aliphatic rings. The number of carboxylic acid groups (broad SMARTS) is 1. The molecule has 3 unspecified atom stereocenters. The normalized spacial score (nSPS) is 22.8. The molecule has 4 atom stereocenters. The molecule has 0 saturated heterocycles. The van der Waals surface area contributed by atoms with E-state index >= 15 is 0 Å². The fourth-order valence-corrected chi connectivity index (χ4v) is 6.10. The molecule has 2 saturated carbocycles. The van der Waals surface area contributed by atoms with Crippen LogP contribution in [0, 0.1) is 17.6 Å². The van der Waals surface area contributed by atoms with Gasteiger partial charge in [-0.25, -0.2) is 13.6 Å². The van der Waals surface area contributed by atoms with E-state index in [0.29, 0.717) is 29.7 Å². The lowest BCUT2D eigenvalue weighted by Crippen LogP contribution is -2.53. The Labute approximate surface area is 224 Å². The van der Waals surface area contributed by atoms with Crippen molar-refractivity contribution in [2.75, 3.05) is 4.90 Å². The second-order valence-corrected chi connectivity index (χ2v) is 10.7. The molecule has 7 nitrogen and oxygen atoms in total. The third kappa shape index (κ3) is 5.08. The van der Waals surface area contributed by atoms with Gasteiger partial charge < -0.3 is 14.7 Å².